The first-order chi connectivity index (χ1) is 12.6. The first-order valence-electron chi connectivity index (χ1n) is 8.81. The van der Waals surface area contributed by atoms with E-state index >= 15 is 0 Å². The van der Waals surface area contributed by atoms with E-state index in [0.29, 0.717) is 5.56 Å². The number of aromatic amines is 1. The van der Waals surface area contributed by atoms with Crippen LogP contribution >= 0.6 is 0 Å². The van der Waals surface area contributed by atoms with Gasteiger partial charge in [0, 0.05) is 28.1 Å². The largest absolute Gasteiger partial charge is 0.366 e. The summed E-state index contributed by atoms with van der Waals surface area (Å²) in [5.74, 6) is -0.276. The Bertz CT molecular complexity index is 986. The zero-order valence-corrected chi connectivity index (χ0v) is 14.3. The molecule has 3 aromatic rings. The van der Waals surface area contributed by atoms with E-state index < -0.39 is 5.91 Å². The lowest BCUT2D eigenvalue weighted by Gasteiger charge is -2.11. The smallest absolute Gasteiger partial charge is 0.248 e. The predicted octanol–water partition coefficient (Wildman–Crippen LogP) is 3.46. The van der Waals surface area contributed by atoms with Gasteiger partial charge in [0.2, 0.25) is 11.8 Å². The van der Waals surface area contributed by atoms with E-state index in [1.54, 1.807) is 18.2 Å². The Kier molecular flexibility index (Phi) is 4.16. The molecule has 6 heteroatoms. The Morgan fingerprint density at radius 2 is 1.92 bits per heavy atom. The predicted molar refractivity (Wildman–Crippen MR) is 101 cm³/mol. The molecule has 2 aromatic carbocycles. The summed E-state index contributed by atoms with van der Waals surface area (Å²) in [5, 5.41) is 11.2. The molecule has 132 valence electrons. The maximum Gasteiger partial charge on any atom is 0.248 e. The Labute approximate surface area is 150 Å². The van der Waals surface area contributed by atoms with Crippen molar-refractivity contribution in [3.05, 3.63) is 48.0 Å². The molecule has 1 aromatic heterocycles. The van der Waals surface area contributed by atoms with Crippen LogP contribution in [0.3, 0.4) is 0 Å². The van der Waals surface area contributed by atoms with Gasteiger partial charge in [0.1, 0.15) is 0 Å². The van der Waals surface area contributed by atoms with Crippen molar-refractivity contribution in [3.8, 4) is 11.3 Å². The van der Waals surface area contributed by atoms with Gasteiger partial charge in [-0.05, 0) is 43.2 Å². The Balaban J connectivity index is 1.66. The number of hydrogen-bond acceptors (Lipinski definition) is 3. The van der Waals surface area contributed by atoms with Crippen molar-refractivity contribution in [1.82, 2.24) is 10.2 Å². The molecule has 0 bridgehead atoms. The van der Waals surface area contributed by atoms with E-state index in [-0.39, 0.29) is 11.8 Å². The molecule has 4 N–H and O–H groups in total. The van der Waals surface area contributed by atoms with Crippen LogP contribution in [0.1, 0.15) is 36.0 Å². The fourth-order valence-corrected chi connectivity index (χ4v) is 3.56. The minimum Gasteiger partial charge on any atom is -0.366 e. The summed E-state index contributed by atoms with van der Waals surface area (Å²) in [6, 6.07) is 12.8. The number of carbonyl (C=O) groups is 2. The van der Waals surface area contributed by atoms with Crippen molar-refractivity contribution in [2.24, 2.45) is 11.7 Å². The van der Waals surface area contributed by atoms with Crippen LogP contribution in [0.4, 0.5) is 5.69 Å². The summed E-state index contributed by atoms with van der Waals surface area (Å²) in [7, 11) is 0. The molecule has 6 nitrogen and oxygen atoms in total. The number of nitrogens with zero attached hydrogens (tertiary/aromatic N) is 1. The number of primary amides is 1. The molecule has 0 aliphatic heterocycles. The number of fused-ring (bicyclic) bond motifs is 1. The van der Waals surface area contributed by atoms with Crippen LogP contribution in [0, 0.1) is 5.92 Å². The fourth-order valence-electron chi connectivity index (χ4n) is 3.56. The number of H-pyrrole nitrogens is 1. The highest BCUT2D eigenvalue weighted by Crippen LogP contribution is 2.30. The maximum absolute atomic E-state index is 12.4. The van der Waals surface area contributed by atoms with Gasteiger partial charge in [-0.2, -0.15) is 5.10 Å². The highest BCUT2D eigenvalue weighted by atomic mass is 16.2. The van der Waals surface area contributed by atoms with E-state index in [9.17, 15) is 9.59 Å². The lowest BCUT2D eigenvalue weighted by molar-refractivity contribution is -0.119. The molecule has 0 radical (unpaired) electrons. The standard InChI is InChI=1S/C20H20N4O2/c21-19(25)14-8-9-17-16(11-14)18(24-23-17)13-6-3-7-15(10-13)22-20(26)12-4-1-2-5-12/h3,6-12H,1-2,4-5H2,(H2,21,25)(H,22,26)(H,23,24). The average Bonchev–Trinajstić information content (AvgIpc) is 3.31. The zero-order valence-electron chi connectivity index (χ0n) is 14.3. The van der Waals surface area contributed by atoms with Gasteiger partial charge in [-0.1, -0.05) is 25.0 Å². The summed E-state index contributed by atoms with van der Waals surface area (Å²) >= 11 is 0. The number of nitrogens with one attached hydrogen (secondary N) is 2. The van der Waals surface area contributed by atoms with Gasteiger partial charge in [0.15, 0.2) is 0 Å². The summed E-state index contributed by atoms with van der Waals surface area (Å²) in [6.07, 6.45) is 4.18. The molecule has 2 amide bonds. The van der Waals surface area contributed by atoms with Crippen LogP contribution in [0.5, 0.6) is 0 Å². The highest BCUT2D eigenvalue weighted by molar-refractivity contribution is 6.01. The van der Waals surface area contributed by atoms with Crippen molar-refractivity contribution in [1.29, 1.82) is 0 Å². The Morgan fingerprint density at radius 3 is 2.69 bits per heavy atom. The summed E-state index contributed by atoms with van der Waals surface area (Å²) in [6.45, 7) is 0. The summed E-state index contributed by atoms with van der Waals surface area (Å²) < 4.78 is 0. The number of amides is 2. The quantitative estimate of drug-likeness (QED) is 0.673. The minimum absolute atomic E-state index is 0.0857. The second-order valence-corrected chi connectivity index (χ2v) is 6.75. The summed E-state index contributed by atoms with van der Waals surface area (Å²) in [5.41, 5.74) is 8.98. The number of nitrogens with two attached hydrogens (primary N) is 1. The first kappa shape index (κ1) is 16.3. The van der Waals surface area contributed by atoms with Gasteiger partial charge in [-0.15, -0.1) is 0 Å². The van der Waals surface area contributed by atoms with E-state index in [1.165, 1.54) is 0 Å². The van der Waals surface area contributed by atoms with Crippen LogP contribution in [0.25, 0.3) is 22.2 Å². The second kappa shape index (κ2) is 6.63. The molecule has 1 aliphatic rings. The normalized spacial score (nSPS) is 14.6. The van der Waals surface area contributed by atoms with Crippen molar-refractivity contribution < 1.29 is 9.59 Å². The molecule has 0 unspecified atom stereocenters. The first-order valence-corrected chi connectivity index (χ1v) is 8.81. The third kappa shape index (κ3) is 3.06. The van der Waals surface area contributed by atoms with Crippen molar-refractivity contribution in [2.45, 2.75) is 25.7 Å². The third-order valence-corrected chi connectivity index (χ3v) is 4.98. The van der Waals surface area contributed by atoms with Crippen LogP contribution in [-0.2, 0) is 4.79 Å². The number of rotatable bonds is 4. The fraction of sp³-hybridized carbons (Fsp3) is 0.250. The maximum atomic E-state index is 12.4. The van der Waals surface area contributed by atoms with Crippen molar-refractivity contribution >= 4 is 28.4 Å². The molecular formula is C20H20N4O2. The van der Waals surface area contributed by atoms with Crippen LogP contribution in [0.2, 0.25) is 0 Å². The third-order valence-electron chi connectivity index (χ3n) is 4.98. The monoisotopic (exact) mass is 348 g/mol. The van der Waals surface area contributed by atoms with Gasteiger partial charge in [-0.25, -0.2) is 0 Å². The topological polar surface area (TPSA) is 101 Å². The van der Waals surface area contributed by atoms with Crippen molar-refractivity contribution in [3.63, 3.8) is 0 Å². The van der Waals surface area contributed by atoms with E-state index in [1.807, 2.05) is 24.3 Å². The van der Waals surface area contributed by atoms with Gasteiger partial charge in [-0.3, -0.25) is 14.7 Å². The molecule has 0 saturated heterocycles. The molecule has 1 aliphatic carbocycles. The molecule has 1 heterocycles. The lowest BCUT2D eigenvalue weighted by atomic mass is 10.0. The summed E-state index contributed by atoms with van der Waals surface area (Å²) in [4.78, 5) is 23.8. The molecule has 26 heavy (non-hydrogen) atoms. The van der Waals surface area contributed by atoms with Crippen LogP contribution in [0.15, 0.2) is 42.5 Å². The van der Waals surface area contributed by atoms with Gasteiger partial charge in [0.25, 0.3) is 0 Å². The van der Waals surface area contributed by atoms with Crippen molar-refractivity contribution in [2.75, 3.05) is 5.32 Å². The van der Waals surface area contributed by atoms with Gasteiger partial charge >= 0.3 is 0 Å². The molecule has 4 rings (SSSR count). The van der Waals surface area contributed by atoms with Gasteiger partial charge < -0.3 is 11.1 Å². The second-order valence-electron chi connectivity index (χ2n) is 6.75. The zero-order chi connectivity index (χ0) is 18.1. The Hall–Kier alpha value is -3.15. The minimum atomic E-state index is -0.475. The average molecular weight is 348 g/mol. The van der Waals surface area contributed by atoms with E-state index in [4.69, 9.17) is 5.73 Å². The molecule has 1 saturated carbocycles. The molecular weight excluding hydrogens is 328 g/mol. The molecule has 0 spiro atoms. The highest BCUT2D eigenvalue weighted by Gasteiger charge is 2.22. The Morgan fingerprint density at radius 1 is 1.12 bits per heavy atom. The molecule has 1 fully saturated rings. The van der Waals surface area contributed by atoms with Crippen LogP contribution in [-0.4, -0.2) is 22.0 Å². The number of anilines is 1. The number of benzene rings is 2. The van der Waals surface area contributed by atoms with E-state index in [0.717, 1.165) is 53.5 Å². The number of aromatic nitrogens is 2. The number of carbonyl (C=O) groups excluding carboxylic acids is 2. The van der Waals surface area contributed by atoms with Crippen LogP contribution < -0.4 is 11.1 Å². The van der Waals surface area contributed by atoms with E-state index in [2.05, 4.69) is 15.5 Å². The number of hydrogen-bond donors (Lipinski definition) is 3. The lowest BCUT2D eigenvalue weighted by Crippen LogP contribution is -2.20. The SMILES string of the molecule is NC(=O)c1ccc2[nH]nc(-c3cccc(NC(=O)C4CCCC4)c3)c2c1. The van der Waals surface area contributed by atoms with Gasteiger partial charge in [0.05, 0.1) is 11.2 Å². The molecule has 0 atom stereocenters.